The van der Waals surface area contributed by atoms with Crippen molar-refractivity contribution in [2.45, 2.75) is 64.6 Å². The number of benzene rings is 1. The molecule has 0 radical (unpaired) electrons. The van der Waals surface area contributed by atoms with Gasteiger partial charge in [-0.3, -0.25) is 9.59 Å². The molecule has 160 valence electrons. The van der Waals surface area contributed by atoms with E-state index in [4.69, 9.17) is 9.26 Å². The highest BCUT2D eigenvalue weighted by molar-refractivity contribution is 6.01. The lowest BCUT2D eigenvalue weighted by Gasteiger charge is -2.29. The lowest BCUT2D eigenvalue weighted by molar-refractivity contribution is -0.122. The van der Waals surface area contributed by atoms with Crippen molar-refractivity contribution in [1.82, 2.24) is 10.5 Å². The highest BCUT2D eigenvalue weighted by atomic mass is 16.5. The fourth-order valence-corrected chi connectivity index (χ4v) is 4.20. The average Bonchev–Trinajstić information content (AvgIpc) is 3.29. The number of carbonyl (C=O) groups excluding carboxylic acids is 2. The van der Waals surface area contributed by atoms with Gasteiger partial charge in [0.05, 0.1) is 23.2 Å². The van der Waals surface area contributed by atoms with Crippen LogP contribution in [-0.4, -0.2) is 41.8 Å². The second-order valence-corrected chi connectivity index (χ2v) is 8.15. The van der Waals surface area contributed by atoms with Crippen LogP contribution in [0.25, 0.3) is 11.1 Å². The van der Waals surface area contributed by atoms with E-state index < -0.39 is 6.04 Å². The molecular formula is C22H28N4O4. The van der Waals surface area contributed by atoms with Gasteiger partial charge >= 0.3 is 0 Å². The molecule has 0 spiro atoms. The Hall–Kier alpha value is -2.87. The average molecular weight is 412 g/mol. The quantitative estimate of drug-likeness (QED) is 0.697. The minimum absolute atomic E-state index is 0.0887. The van der Waals surface area contributed by atoms with Crippen LogP contribution in [0, 0.1) is 13.8 Å². The normalized spacial score (nSPS) is 23.8. The summed E-state index contributed by atoms with van der Waals surface area (Å²) in [6.07, 6.45) is 2.89. The third kappa shape index (κ3) is 4.33. The maximum absolute atomic E-state index is 12.8. The highest BCUT2D eigenvalue weighted by Gasteiger charge is 2.28. The molecule has 2 aromatic rings. The van der Waals surface area contributed by atoms with Crippen LogP contribution in [0.15, 0.2) is 22.7 Å². The third-order valence-corrected chi connectivity index (χ3v) is 5.76. The van der Waals surface area contributed by atoms with Crippen molar-refractivity contribution >= 4 is 23.2 Å². The molecule has 2 amide bonds. The molecule has 30 heavy (non-hydrogen) atoms. The lowest BCUT2D eigenvalue weighted by atomic mass is 10.0. The number of rotatable bonds is 5. The third-order valence-electron chi connectivity index (χ3n) is 5.76. The van der Waals surface area contributed by atoms with Crippen molar-refractivity contribution in [3.8, 4) is 11.1 Å². The van der Waals surface area contributed by atoms with E-state index in [9.17, 15) is 9.59 Å². The second kappa shape index (κ2) is 8.47. The summed E-state index contributed by atoms with van der Waals surface area (Å²) >= 11 is 0. The molecule has 0 saturated carbocycles. The molecular weight excluding hydrogens is 384 g/mol. The molecule has 2 aliphatic heterocycles. The molecule has 1 aromatic carbocycles. The van der Waals surface area contributed by atoms with Gasteiger partial charge in [-0.2, -0.15) is 0 Å². The summed E-state index contributed by atoms with van der Waals surface area (Å²) in [7, 11) is 0. The number of nitrogens with one attached hydrogen (secondary N) is 3. The van der Waals surface area contributed by atoms with Crippen LogP contribution >= 0.6 is 0 Å². The van der Waals surface area contributed by atoms with Gasteiger partial charge in [-0.25, -0.2) is 0 Å². The van der Waals surface area contributed by atoms with Crippen molar-refractivity contribution in [3.05, 3.63) is 29.7 Å². The minimum Gasteiger partial charge on any atom is -0.380 e. The molecule has 3 atom stereocenters. The molecule has 1 aromatic heterocycles. The first-order valence-electron chi connectivity index (χ1n) is 10.5. The Labute approximate surface area is 175 Å². The van der Waals surface area contributed by atoms with Crippen LogP contribution in [0.2, 0.25) is 0 Å². The fourth-order valence-electron chi connectivity index (χ4n) is 4.20. The monoisotopic (exact) mass is 412 g/mol. The van der Waals surface area contributed by atoms with Crippen LogP contribution < -0.4 is 16.0 Å². The number of carbonyl (C=O) groups is 2. The molecule has 0 bridgehead atoms. The fraction of sp³-hybridized carbons (Fsp3) is 0.500. The topological polar surface area (TPSA) is 105 Å². The zero-order valence-corrected chi connectivity index (χ0v) is 17.6. The number of anilines is 2. The summed E-state index contributed by atoms with van der Waals surface area (Å²) in [5.41, 5.74) is 4.17. The summed E-state index contributed by atoms with van der Waals surface area (Å²) < 4.78 is 11.0. The van der Waals surface area contributed by atoms with E-state index in [0.717, 1.165) is 41.1 Å². The summed E-state index contributed by atoms with van der Waals surface area (Å²) in [4.78, 5) is 24.3. The Kier molecular flexibility index (Phi) is 5.76. The van der Waals surface area contributed by atoms with Gasteiger partial charge < -0.3 is 25.2 Å². The first kappa shape index (κ1) is 20.4. The molecule has 8 nitrogen and oxygen atoms in total. The van der Waals surface area contributed by atoms with Crippen molar-refractivity contribution < 1.29 is 18.8 Å². The van der Waals surface area contributed by atoms with Gasteiger partial charge in [0.2, 0.25) is 11.8 Å². The molecule has 2 unspecified atom stereocenters. The number of hydrogen-bond acceptors (Lipinski definition) is 6. The van der Waals surface area contributed by atoms with Crippen molar-refractivity contribution in [1.29, 1.82) is 0 Å². The van der Waals surface area contributed by atoms with E-state index in [2.05, 4.69) is 28.0 Å². The van der Waals surface area contributed by atoms with E-state index in [1.54, 1.807) is 0 Å². The SMILES string of the molecule is Cc1noc(C)c1-c1ccc(NC2CCOC(C)C2)c(NC(=O)[C@@H]2CCC(=O)N2)c1. The zero-order chi connectivity index (χ0) is 21.3. The molecule has 3 heterocycles. The first-order valence-corrected chi connectivity index (χ1v) is 10.5. The van der Waals surface area contributed by atoms with Crippen LogP contribution in [0.4, 0.5) is 11.4 Å². The summed E-state index contributed by atoms with van der Waals surface area (Å²) in [6.45, 7) is 6.55. The molecule has 0 aliphatic carbocycles. The van der Waals surface area contributed by atoms with Gasteiger partial charge in [0.1, 0.15) is 11.8 Å². The number of amides is 2. The number of hydrogen-bond donors (Lipinski definition) is 3. The minimum atomic E-state index is -0.504. The van der Waals surface area contributed by atoms with Crippen molar-refractivity contribution in [3.63, 3.8) is 0 Å². The molecule has 8 heteroatoms. The van der Waals surface area contributed by atoms with Crippen LogP contribution in [0.1, 0.15) is 44.1 Å². The predicted octanol–water partition coefficient (Wildman–Crippen LogP) is 3.15. The Morgan fingerprint density at radius 1 is 1.23 bits per heavy atom. The summed E-state index contributed by atoms with van der Waals surface area (Å²) in [6, 6.07) is 5.68. The van der Waals surface area contributed by atoms with Gasteiger partial charge in [0.25, 0.3) is 0 Å². The first-order chi connectivity index (χ1) is 14.4. The van der Waals surface area contributed by atoms with Crippen LogP contribution in [-0.2, 0) is 14.3 Å². The number of aromatic nitrogens is 1. The van der Waals surface area contributed by atoms with Gasteiger partial charge in [-0.1, -0.05) is 11.2 Å². The zero-order valence-electron chi connectivity index (χ0n) is 17.6. The van der Waals surface area contributed by atoms with Gasteiger partial charge in [0, 0.05) is 24.6 Å². The number of ether oxygens (including phenoxy) is 1. The highest BCUT2D eigenvalue weighted by Crippen LogP contribution is 2.34. The molecule has 2 saturated heterocycles. The van der Waals surface area contributed by atoms with Gasteiger partial charge in [0.15, 0.2) is 0 Å². The van der Waals surface area contributed by atoms with Crippen molar-refractivity contribution in [2.75, 3.05) is 17.2 Å². The Morgan fingerprint density at radius 3 is 2.73 bits per heavy atom. The number of aryl methyl sites for hydroxylation is 2. The summed E-state index contributed by atoms with van der Waals surface area (Å²) in [5.74, 6) is 0.432. The van der Waals surface area contributed by atoms with Crippen LogP contribution in [0.5, 0.6) is 0 Å². The Balaban J connectivity index is 1.62. The molecule has 2 aliphatic rings. The molecule has 4 rings (SSSR count). The Morgan fingerprint density at radius 2 is 2.07 bits per heavy atom. The largest absolute Gasteiger partial charge is 0.380 e. The lowest BCUT2D eigenvalue weighted by Crippen LogP contribution is -2.37. The van der Waals surface area contributed by atoms with E-state index >= 15 is 0 Å². The summed E-state index contributed by atoms with van der Waals surface area (Å²) in [5, 5.41) is 13.3. The van der Waals surface area contributed by atoms with E-state index in [1.807, 2.05) is 32.0 Å². The number of nitrogens with zero attached hydrogens (tertiary/aromatic N) is 1. The second-order valence-electron chi connectivity index (χ2n) is 8.15. The maximum atomic E-state index is 12.8. The van der Waals surface area contributed by atoms with E-state index in [0.29, 0.717) is 25.1 Å². The van der Waals surface area contributed by atoms with Gasteiger partial charge in [-0.15, -0.1) is 0 Å². The van der Waals surface area contributed by atoms with Gasteiger partial charge in [-0.05, 0) is 57.7 Å². The van der Waals surface area contributed by atoms with E-state index in [-0.39, 0.29) is 24.0 Å². The molecule has 3 N–H and O–H groups in total. The Bertz CT molecular complexity index is 935. The standard InChI is InChI=1S/C22H28N4O4/c1-12-10-16(8-9-29-12)23-17-5-4-15(21-13(2)26-30-14(21)3)11-19(17)25-22(28)18-6-7-20(27)24-18/h4-5,11-12,16,18,23H,6-10H2,1-3H3,(H,24,27)(H,25,28)/t12?,16?,18-/m0/s1. The van der Waals surface area contributed by atoms with E-state index in [1.165, 1.54) is 0 Å². The van der Waals surface area contributed by atoms with Crippen LogP contribution in [0.3, 0.4) is 0 Å². The predicted molar refractivity (Wildman–Crippen MR) is 113 cm³/mol. The maximum Gasteiger partial charge on any atom is 0.247 e. The molecule has 2 fully saturated rings. The van der Waals surface area contributed by atoms with Crippen molar-refractivity contribution in [2.24, 2.45) is 0 Å². The smallest absolute Gasteiger partial charge is 0.247 e.